The molecule has 0 rings (SSSR count). The Morgan fingerprint density at radius 2 is 0.985 bits per heavy atom. The molecule has 65 heavy (non-hydrogen) atoms. The van der Waals surface area contributed by atoms with Crippen LogP contribution in [0.2, 0.25) is 0 Å². The summed E-state index contributed by atoms with van der Waals surface area (Å²) in [5.74, 6) is -0.563. The maximum Gasteiger partial charge on any atom is 0.306 e. The minimum Gasteiger partial charge on any atom is -0.756 e. The zero-order valence-electron chi connectivity index (χ0n) is 42.9. The van der Waals surface area contributed by atoms with Crippen LogP contribution in [0.5, 0.6) is 0 Å². The monoisotopic (exact) mass is 933 g/mol. The number of likely N-dealkylation sites (N-methyl/N-ethyl adjacent to an activating group) is 1. The molecule has 0 heterocycles. The molecule has 378 valence electrons. The number of carbonyl (C=O) groups is 2. The molecule has 3 atom stereocenters. The molecule has 0 aromatic heterocycles. The normalized spacial score (nSPS) is 14.4. The zero-order valence-corrected chi connectivity index (χ0v) is 43.8. The number of unbranched alkanes of at least 4 members (excludes halogenated alkanes) is 23. The smallest absolute Gasteiger partial charge is 0.306 e. The van der Waals surface area contributed by atoms with Crippen molar-refractivity contribution in [1.29, 1.82) is 0 Å². The molecule has 0 saturated carbocycles. The molecule has 10 heteroatoms. The van der Waals surface area contributed by atoms with E-state index < -0.39 is 26.6 Å². The molecule has 3 unspecified atom stereocenters. The molecule has 0 fully saturated rings. The summed E-state index contributed by atoms with van der Waals surface area (Å²) in [4.78, 5) is 39.7. The van der Waals surface area contributed by atoms with E-state index in [4.69, 9.17) is 13.8 Å². The average Bonchev–Trinajstić information content (AvgIpc) is 3.26. The molecule has 0 aliphatic carbocycles. The van der Waals surface area contributed by atoms with Crippen molar-refractivity contribution in [1.82, 2.24) is 5.32 Å². The molecule has 1 amide bonds. The van der Waals surface area contributed by atoms with Gasteiger partial charge in [0.25, 0.3) is 7.82 Å². The van der Waals surface area contributed by atoms with E-state index in [2.05, 4.69) is 74.7 Å². The number of carbonyl (C=O) groups excluding carboxylic acids is 2. The van der Waals surface area contributed by atoms with E-state index >= 15 is 0 Å². The lowest BCUT2D eigenvalue weighted by molar-refractivity contribution is -0.870. The summed E-state index contributed by atoms with van der Waals surface area (Å²) in [6, 6.07) is -0.894. The second kappa shape index (κ2) is 45.5. The maximum absolute atomic E-state index is 13.4. The second-order valence-electron chi connectivity index (χ2n) is 19.0. The van der Waals surface area contributed by atoms with E-state index in [0.717, 1.165) is 109 Å². The number of phosphoric acid groups is 1. The number of allylic oxidation sites excluding steroid dienone is 9. The molecular weight excluding hydrogens is 832 g/mol. The van der Waals surface area contributed by atoms with Gasteiger partial charge in [0.05, 0.1) is 33.8 Å². The van der Waals surface area contributed by atoms with Crippen molar-refractivity contribution in [2.45, 2.75) is 238 Å². The van der Waals surface area contributed by atoms with Gasteiger partial charge in [-0.15, -0.1) is 0 Å². The van der Waals surface area contributed by atoms with E-state index in [9.17, 15) is 19.0 Å². The van der Waals surface area contributed by atoms with Crippen molar-refractivity contribution in [3.8, 4) is 0 Å². The van der Waals surface area contributed by atoms with Gasteiger partial charge in [0.1, 0.15) is 19.3 Å². The Morgan fingerprint density at radius 3 is 1.46 bits per heavy atom. The van der Waals surface area contributed by atoms with Crippen molar-refractivity contribution in [2.24, 2.45) is 0 Å². The highest BCUT2D eigenvalue weighted by atomic mass is 31.2. The van der Waals surface area contributed by atoms with Gasteiger partial charge in [-0.1, -0.05) is 191 Å². The third-order valence-corrected chi connectivity index (χ3v) is 12.4. The molecule has 0 saturated heterocycles. The van der Waals surface area contributed by atoms with Crippen LogP contribution < -0.4 is 10.2 Å². The molecule has 1 N–H and O–H groups in total. The standard InChI is InChI=1S/C55H101N2O7P/c1-7-10-13-16-19-22-25-27-29-32-35-38-41-44-47-54(58)56-52(51-63-65(60,61)62-50-49-57(4,5)6)53(46-43-40-37-34-31-24-21-18-15-12-9-3)64-55(59)48-45-42-39-36-33-30-28-26-23-20-17-14-11-8-2/h10-11,13-14,19-20,22-23,43,46,52-53H,7-9,12,15-18,21,24-42,44-45,47-51H2,1-6H3,(H-,56,58,60,61)/b13-10+,14-11+,22-19+,23-20+,46-43+. The fraction of sp³-hybridized carbons (Fsp3) is 0.782. The summed E-state index contributed by atoms with van der Waals surface area (Å²) in [5, 5.41) is 3.00. The van der Waals surface area contributed by atoms with Crippen LogP contribution in [0.25, 0.3) is 0 Å². The van der Waals surface area contributed by atoms with Crippen LogP contribution >= 0.6 is 7.82 Å². The highest BCUT2D eigenvalue weighted by Gasteiger charge is 2.27. The topological polar surface area (TPSA) is 114 Å². The predicted molar refractivity (Wildman–Crippen MR) is 275 cm³/mol. The molecular formula is C55H101N2O7P. The first kappa shape index (κ1) is 62.7. The van der Waals surface area contributed by atoms with Crippen LogP contribution in [0, 0.1) is 0 Å². The number of ether oxygens (including phenoxy) is 1. The molecule has 0 aromatic rings. The quantitative estimate of drug-likeness (QED) is 0.0212. The van der Waals surface area contributed by atoms with Crippen molar-refractivity contribution in [3.63, 3.8) is 0 Å². The molecule has 0 bridgehead atoms. The van der Waals surface area contributed by atoms with Crippen molar-refractivity contribution in [3.05, 3.63) is 60.8 Å². The molecule has 9 nitrogen and oxygen atoms in total. The van der Waals surface area contributed by atoms with Crippen molar-refractivity contribution >= 4 is 19.7 Å². The highest BCUT2D eigenvalue weighted by molar-refractivity contribution is 7.45. The van der Waals surface area contributed by atoms with Gasteiger partial charge < -0.3 is 28.5 Å². The summed E-state index contributed by atoms with van der Waals surface area (Å²) in [6.07, 6.45) is 54.7. The number of phosphoric ester groups is 1. The molecule has 0 spiro atoms. The molecule has 0 aromatic carbocycles. The Morgan fingerprint density at radius 1 is 0.554 bits per heavy atom. The van der Waals surface area contributed by atoms with E-state index in [0.29, 0.717) is 17.4 Å². The Kier molecular flexibility index (Phi) is 43.9. The van der Waals surface area contributed by atoms with Crippen molar-refractivity contribution < 1.29 is 37.3 Å². The fourth-order valence-electron chi connectivity index (χ4n) is 7.36. The Balaban J connectivity index is 5.41. The van der Waals surface area contributed by atoms with E-state index in [1.54, 1.807) is 0 Å². The van der Waals surface area contributed by atoms with Gasteiger partial charge in [-0.2, -0.15) is 0 Å². The Labute approximate surface area is 401 Å². The van der Waals surface area contributed by atoms with E-state index in [-0.39, 0.29) is 24.9 Å². The lowest BCUT2D eigenvalue weighted by Crippen LogP contribution is -2.47. The largest absolute Gasteiger partial charge is 0.756 e. The molecule has 0 radical (unpaired) electrons. The fourth-order valence-corrected chi connectivity index (χ4v) is 8.08. The number of quaternary nitrogens is 1. The number of amides is 1. The van der Waals surface area contributed by atoms with E-state index in [1.165, 1.54) is 83.5 Å². The number of hydrogen-bond acceptors (Lipinski definition) is 7. The minimum atomic E-state index is -4.69. The van der Waals surface area contributed by atoms with Crippen LogP contribution in [0.15, 0.2) is 60.8 Å². The van der Waals surface area contributed by atoms with Gasteiger partial charge in [-0.25, -0.2) is 0 Å². The number of nitrogens with one attached hydrogen (secondary N) is 1. The number of hydrogen-bond donors (Lipinski definition) is 1. The first-order valence-corrected chi connectivity index (χ1v) is 28.1. The summed E-state index contributed by atoms with van der Waals surface area (Å²) in [7, 11) is 1.17. The van der Waals surface area contributed by atoms with E-state index in [1.807, 2.05) is 33.3 Å². The highest BCUT2D eigenvalue weighted by Crippen LogP contribution is 2.38. The average molecular weight is 933 g/mol. The van der Waals surface area contributed by atoms with Crippen molar-refractivity contribution in [2.75, 3.05) is 40.9 Å². The van der Waals surface area contributed by atoms with Gasteiger partial charge in [-0.05, 0) is 83.1 Å². The third kappa shape index (κ3) is 46.6. The Hall–Kier alpha value is -2.29. The van der Waals surface area contributed by atoms with Gasteiger partial charge in [0.2, 0.25) is 5.91 Å². The SMILES string of the molecule is CC/C=C/C/C=C/CCCCCCCCCC(=O)NC(COP(=O)([O-])OCC[N+](C)(C)C)C(/C=C/CCCCCCCCCCC)OC(=O)CCCCCCCCC/C=C/C/C=C/CC. The van der Waals surface area contributed by atoms with Gasteiger partial charge in [-0.3, -0.25) is 14.2 Å². The van der Waals surface area contributed by atoms with Gasteiger partial charge in [0, 0.05) is 12.8 Å². The second-order valence-corrected chi connectivity index (χ2v) is 20.4. The van der Waals surface area contributed by atoms with Gasteiger partial charge in [0.15, 0.2) is 0 Å². The van der Waals surface area contributed by atoms with Crippen LogP contribution in [0.4, 0.5) is 0 Å². The van der Waals surface area contributed by atoms with Crippen LogP contribution in [-0.2, 0) is 27.9 Å². The number of nitrogens with zero attached hydrogens (tertiary/aromatic N) is 1. The summed E-state index contributed by atoms with van der Waals surface area (Å²) in [5.41, 5.74) is 0. The lowest BCUT2D eigenvalue weighted by atomic mass is 10.1. The summed E-state index contributed by atoms with van der Waals surface area (Å²) < 4.78 is 30.1. The molecule has 0 aliphatic heterocycles. The maximum atomic E-state index is 13.4. The van der Waals surface area contributed by atoms with Crippen LogP contribution in [0.1, 0.15) is 226 Å². The first-order chi connectivity index (χ1) is 31.4. The number of esters is 1. The lowest BCUT2D eigenvalue weighted by Gasteiger charge is -2.30. The predicted octanol–water partition coefficient (Wildman–Crippen LogP) is 14.9. The molecule has 0 aliphatic rings. The third-order valence-electron chi connectivity index (χ3n) is 11.4. The van der Waals surface area contributed by atoms with Gasteiger partial charge >= 0.3 is 5.97 Å². The van der Waals surface area contributed by atoms with Crippen LogP contribution in [-0.4, -0.2) is 69.4 Å². The summed E-state index contributed by atoms with van der Waals surface area (Å²) in [6.45, 7) is 6.60. The number of rotatable bonds is 47. The first-order valence-electron chi connectivity index (χ1n) is 26.6. The summed E-state index contributed by atoms with van der Waals surface area (Å²) >= 11 is 0. The Bertz CT molecular complexity index is 1300. The van der Waals surface area contributed by atoms with Crippen LogP contribution in [0.3, 0.4) is 0 Å². The minimum absolute atomic E-state index is 0.0269. The zero-order chi connectivity index (χ0) is 48.0.